The van der Waals surface area contributed by atoms with Gasteiger partial charge in [0.2, 0.25) is 0 Å². The van der Waals surface area contributed by atoms with Gasteiger partial charge >= 0.3 is 0 Å². The highest BCUT2D eigenvalue weighted by Gasteiger charge is 2.01. The maximum atomic E-state index is 13.5. The van der Waals surface area contributed by atoms with E-state index < -0.39 is 0 Å². The van der Waals surface area contributed by atoms with Crippen molar-refractivity contribution in [3.63, 3.8) is 0 Å². The molecule has 0 spiro atoms. The van der Waals surface area contributed by atoms with Crippen LogP contribution >= 0.6 is 0 Å². The summed E-state index contributed by atoms with van der Waals surface area (Å²) in [7, 11) is 0. The Balaban J connectivity index is 2.53. The second-order valence-electron chi connectivity index (χ2n) is 3.56. The first-order chi connectivity index (χ1) is 7.34. The number of benzene rings is 3. The molecule has 1 radical (unpaired) electrons. The normalized spacial score (nSPS) is 11.0. The molecule has 0 amide bonds. The van der Waals surface area contributed by atoms with Gasteiger partial charge in [-0.25, -0.2) is 4.39 Å². The predicted molar refractivity (Wildman–Crippen MR) is 60.2 cm³/mol. The Kier molecular flexibility index (Phi) is 1.72. The molecule has 0 fully saturated rings. The lowest BCUT2D eigenvalue weighted by Crippen LogP contribution is -1.80. The quantitative estimate of drug-likeness (QED) is 0.477. The van der Waals surface area contributed by atoms with E-state index in [1.165, 1.54) is 6.07 Å². The van der Waals surface area contributed by atoms with Crippen LogP contribution in [0.25, 0.3) is 21.5 Å². The van der Waals surface area contributed by atoms with E-state index in [2.05, 4.69) is 6.07 Å². The van der Waals surface area contributed by atoms with Crippen LogP contribution in [0.15, 0.2) is 48.5 Å². The van der Waals surface area contributed by atoms with Gasteiger partial charge in [0.05, 0.1) is 0 Å². The summed E-state index contributed by atoms with van der Waals surface area (Å²) in [5, 5.41) is 3.51. The van der Waals surface area contributed by atoms with E-state index in [-0.39, 0.29) is 5.82 Å². The van der Waals surface area contributed by atoms with Gasteiger partial charge in [0.25, 0.3) is 0 Å². The minimum absolute atomic E-state index is 0.210. The minimum atomic E-state index is -0.210. The van der Waals surface area contributed by atoms with Gasteiger partial charge in [-0.3, -0.25) is 0 Å². The second-order valence-corrected chi connectivity index (χ2v) is 3.56. The van der Waals surface area contributed by atoms with Crippen LogP contribution in [0.2, 0.25) is 0 Å². The number of fused-ring (bicyclic) bond motifs is 2. The molecular formula is C14H8F. The molecule has 0 saturated heterocycles. The molecule has 15 heavy (non-hydrogen) atoms. The zero-order chi connectivity index (χ0) is 10.3. The Bertz CT molecular complexity index is 641. The Morgan fingerprint density at radius 2 is 1.67 bits per heavy atom. The summed E-state index contributed by atoms with van der Waals surface area (Å²) in [5.74, 6) is -0.210. The molecule has 0 unspecified atom stereocenters. The summed E-state index contributed by atoms with van der Waals surface area (Å²) in [4.78, 5) is 0. The molecule has 0 atom stereocenters. The van der Waals surface area contributed by atoms with Crippen molar-refractivity contribution < 1.29 is 4.39 Å². The molecule has 3 rings (SSSR count). The Morgan fingerprint density at radius 1 is 0.867 bits per heavy atom. The summed E-state index contributed by atoms with van der Waals surface area (Å²) in [5.41, 5.74) is 0. The van der Waals surface area contributed by atoms with E-state index in [1.807, 2.05) is 36.4 Å². The summed E-state index contributed by atoms with van der Waals surface area (Å²) >= 11 is 0. The Labute approximate surface area is 87.0 Å². The van der Waals surface area contributed by atoms with Crippen LogP contribution in [-0.2, 0) is 0 Å². The van der Waals surface area contributed by atoms with Gasteiger partial charge in [-0.2, -0.15) is 0 Å². The molecule has 3 aromatic rings. The molecule has 0 N–H and O–H groups in total. The van der Waals surface area contributed by atoms with E-state index in [9.17, 15) is 4.39 Å². The average molecular weight is 195 g/mol. The summed E-state index contributed by atoms with van der Waals surface area (Å²) in [6.45, 7) is 0. The highest BCUT2D eigenvalue weighted by molar-refractivity contribution is 5.97. The maximum Gasteiger partial charge on any atom is 0.131 e. The lowest BCUT2D eigenvalue weighted by molar-refractivity contribution is 0.640. The van der Waals surface area contributed by atoms with Gasteiger partial charge in [-0.1, -0.05) is 36.4 Å². The van der Waals surface area contributed by atoms with Crippen molar-refractivity contribution in [1.82, 2.24) is 0 Å². The van der Waals surface area contributed by atoms with Crippen molar-refractivity contribution >= 4 is 21.5 Å². The Hall–Kier alpha value is -1.89. The van der Waals surface area contributed by atoms with Crippen LogP contribution in [-0.4, -0.2) is 0 Å². The van der Waals surface area contributed by atoms with Crippen molar-refractivity contribution in [3.8, 4) is 0 Å². The molecular weight excluding hydrogens is 187 g/mol. The standard InChI is InChI=1S/C14H8F/c15-14-7-3-6-12-8-10-4-1-2-5-11(10)9-13(12)14/h1-8H. The van der Waals surface area contributed by atoms with Crippen molar-refractivity contribution in [2.75, 3.05) is 0 Å². The monoisotopic (exact) mass is 195 g/mol. The fraction of sp³-hybridized carbons (Fsp3) is 0. The SMILES string of the molecule is Fc1cccc2cc3ccccc3[c]c12. The van der Waals surface area contributed by atoms with E-state index in [0.29, 0.717) is 5.39 Å². The number of rotatable bonds is 0. The smallest absolute Gasteiger partial charge is 0.131 e. The van der Waals surface area contributed by atoms with Crippen molar-refractivity contribution in [3.05, 3.63) is 60.4 Å². The van der Waals surface area contributed by atoms with Gasteiger partial charge in [0.15, 0.2) is 0 Å². The highest BCUT2D eigenvalue weighted by atomic mass is 19.1. The minimum Gasteiger partial charge on any atom is -0.206 e. The highest BCUT2D eigenvalue weighted by Crippen LogP contribution is 2.23. The molecule has 0 nitrogen and oxygen atoms in total. The topological polar surface area (TPSA) is 0 Å². The van der Waals surface area contributed by atoms with Crippen LogP contribution in [0.1, 0.15) is 0 Å². The van der Waals surface area contributed by atoms with E-state index in [4.69, 9.17) is 0 Å². The van der Waals surface area contributed by atoms with Crippen LogP contribution in [0.4, 0.5) is 4.39 Å². The molecule has 3 aromatic carbocycles. The molecule has 1 heteroatoms. The van der Waals surface area contributed by atoms with Gasteiger partial charge < -0.3 is 0 Å². The van der Waals surface area contributed by atoms with E-state index in [1.54, 1.807) is 6.07 Å². The first-order valence-electron chi connectivity index (χ1n) is 4.84. The molecule has 0 aliphatic carbocycles. The van der Waals surface area contributed by atoms with Gasteiger partial charge in [0, 0.05) is 11.5 Å². The van der Waals surface area contributed by atoms with Gasteiger partial charge in [-0.05, 0) is 28.3 Å². The lowest BCUT2D eigenvalue weighted by atomic mass is 10.0. The zero-order valence-corrected chi connectivity index (χ0v) is 8.00. The van der Waals surface area contributed by atoms with Crippen LogP contribution < -0.4 is 0 Å². The number of halogens is 1. The Morgan fingerprint density at radius 3 is 2.60 bits per heavy atom. The summed E-state index contributed by atoms with van der Waals surface area (Å²) in [6, 6.07) is 18.1. The third-order valence-corrected chi connectivity index (χ3v) is 2.58. The van der Waals surface area contributed by atoms with Crippen LogP contribution in [0.3, 0.4) is 0 Å². The number of hydrogen-bond acceptors (Lipinski definition) is 0. The third kappa shape index (κ3) is 1.28. The fourth-order valence-corrected chi connectivity index (χ4v) is 1.83. The first-order valence-corrected chi connectivity index (χ1v) is 4.84. The molecule has 0 heterocycles. The largest absolute Gasteiger partial charge is 0.206 e. The second kappa shape index (κ2) is 3.06. The van der Waals surface area contributed by atoms with Crippen LogP contribution in [0.5, 0.6) is 0 Å². The molecule has 0 aliphatic rings. The van der Waals surface area contributed by atoms with Crippen molar-refractivity contribution in [1.29, 1.82) is 0 Å². The maximum absolute atomic E-state index is 13.5. The van der Waals surface area contributed by atoms with Crippen molar-refractivity contribution in [2.24, 2.45) is 0 Å². The molecule has 0 saturated carbocycles. The molecule has 0 aromatic heterocycles. The van der Waals surface area contributed by atoms with E-state index in [0.717, 1.165) is 16.2 Å². The first kappa shape index (κ1) is 8.42. The van der Waals surface area contributed by atoms with Gasteiger partial charge in [-0.15, -0.1) is 0 Å². The molecule has 0 bridgehead atoms. The van der Waals surface area contributed by atoms with Gasteiger partial charge in [0.1, 0.15) is 5.82 Å². The third-order valence-electron chi connectivity index (χ3n) is 2.58. The molecule has 0 aliphatic heterocycles. The molecule has 71 valence electrons. The lowest BCUT2D eigenvalue weighted by Gasteiger charge is -2.01. The van der Waals surface area contributed by atoms with E-state index >= 15 is 0 Å². The summed E-state index contributed by atoms with van der Waals surface area (Å²) < 4.78 is 13.5. The predicted octanol–water partition coefficient (Wildman–Crippen LogP) is 3.93. The van der Waals surface area contributed by atoms with Crippen molar-refractivity contribution in [2.45, 2.75) is 0 Å². The van der Waals surface area contributed by atoms with Crippen LogP contribution in [0, 0.1) is 11.9 Å². The summed E-state index contributed by atoms with van der Waals surface area (Å²) in [6.07, 6.45) is 0. The zero-order valence-electron chi connectivity index (χ0n) is 8.00. The number of hydrogen-bond donors (Lipinski definition) is 0. The average Bonchev–Trinajstić information content (AvgIpc) is 2.27. The fourth-order valence-electron chi connectivity index (χ4n) is 1.83.